The van der Waals surface area contributed by atoms with E-state index in [0.717, 1.165) is 0 Å². The van der Waals surface area contributed by atoms with Crippen molar-refractivity contribution in [3.8, 4) is 0 Å². The Hall–Kier alpha value is 0.730. The maximum Gasteiger partial charge on any atom is 0.332 e. The molecule has 0 unspecified atom stereocenters. The Bertz CT molecular complexity index is 111. The molecule has 0 aromatic carbocycles. The van der Waals surface area contributed by atoms with Crippen LogP contribution in [0.4, 0.5) is 0 Å². The Morgan fingerprint density at radius 2 is 1.88 bits per heavy atom. The van der Waals surface area contributed by atoms with Crippen molar-refractivity contribution in [2.24, 2.45) is 0 Å². The Labute approximate surface area is 57.9 Å². The van der Waals surface area contributed by atoms with Crippen LogP contribution in [-0.2, 0) is 4.57 Å². The first-order chi connectivity index (χ1) is 3.42. The van der Waals surface area contributed by atoms with E-state index in [2.05, 4.69) is 5.20 Å². The number of nitrogens with one attached hydrogen (secondary N) is 1. The van der Waals surface area contributed by atoms with Gasteiger partial charge in [-0.15, -0.1) is 0 Å². The fourth-order valence-electron chi connectivity index (χ4n) is 0.233. The monoisotopic (exact) mass is 176 g/mol. The minimum absolute atomic E-state index is 1.43. The van der Waals surface area contributed by atoms with Crippen molar-refractivity contribution < 1.29 is 4.57 Å². The highest BCUT2D eigenvalue weighted by Gasteiger charge is 2.12. The minimum Gasteiger partial charge on any atom is -0.270 e. The molecule has 0 fully saturated rings. The molecule has 8 heavy (non-hydrogen) atoms. The molecule has 0 aromatic heterocycles. The van der Waals surface area contributed by atoms with Crippen LogP contribution in [0.15, 0.2) is 0 Å². The number of hydrogen-bond donors (Lipinski definition) is 1. The first-order valence-corrected chi connectivity index (χ1v) is 5.38. The second-order valence-corrected chi connectivity index (χ2v) is 5.96. The Balaban J connectivity index is 3.56. The van der Waals surface area contributed by atoms with Gasteiger partial charge < -0.3 is 0 Å². The van der Waals surface area contributed by atoms with Gasteiger partial charge in [-0.3, -0.25) is 4.57 Å². The molecule has 0 aromatic rings. The van der Waals surface area contributed by atoms with Crippen molar-refractivity contribution in [3.05, 3.63) is 0 Å². The molecule has 6 heteroatoms. The Kier molecular flexibility index (Phi) is 3.32. The SMILES string of the molecule is CN(C)NP(=O)(Cl)Cl. The lowest BCUT2D eigenvalue weighted by Gasteiger charge is -2.10. The molecule has 3 nitrogen and oxygen atoms in total. The molecule has 0 radical (unpaired) electrons. The number of hydrazine groups is 1. The zero-order valence-corrected chi connectivity index (χ0v) is 6.96. The van der Waals surface area contributed by atoms with Crippen LogP contribution in [0.5, 0.6) is 0 Å². The first-order valence-electron chi connectivity index (χ1n) is 1.86. The van der Waals surface area contributed by atoms with Gasteiger partial charge in [0.1, 0.15) is 0 Å². The predicted octanol–water partition coefficient (Wildman–Crippen LogP) is 1.64. The van der Waals surface area contributed by atoms with Crippen LogP contribution in [0.1, 0.15) is 0 Å². The van der Waals surface area contributed by atoms with E-state index in [1.165, 1.54) is 5.01 Å². The third-order valence-electron chi connectivity index (χ3n) is 0.316. The Morgan fingerprint density at radius 1 is 1.50 bits per heavy atom. The normalized spacial score (nSPS) is 12.6. The zero-order valence-electron chi connectivity index (χ0n) is 4.56. The summed E-state index contributed by atoms with van der Waals surface area (Å²) in [5.74, 6) is -3.10. The summed E-state index contributed by atoms with van der Waals surface area (Å²) in [6.45, 7) is 0. The molecule has 0 spiro atoms. The van der Waals surface area contributed by atoms with Crippen LogP contribution in [0, 0.1) is 0 Å². The van der Waals surface area contributed by atoms with Gasteiger partial charge in [0.15, 0.2) is 0 Å². The molecule has 0 rings (SSSR count). The number of hydrogen-bond acceptors (Lipinski definition) is 2. The summed E-state index contributed by atoms with van der Waals surface area (Å²) in [7, 11) is 3.30. The molecule has 0 aliphatic carbocycles. The first kappa shape index (κ1) is 8.73. The number of rotatable bonds is 2. The number of halogens is 2. The van der Waals surface area contributed by atoms with Crippen LogP contribution >= 0.6 is 28.5 Å². The molecule has 0 saturated heterocycles. The molecule has 0 amide bonds. The summed E-state index contributed by atoms with van der Waals surface area (Å²) in [5, 5.41) is 3.73. The van der Waals surface area contributed by atoms with Crippen molar-refractivity contribution in [1.82, 2.24) is 10.2 Å². The molecular formula is C2H7Cl2N2OP. The maximum absolute atomic E-state index is 10.4. The second kappa shape index (κ2) is 3.04. The second-order valence-electron chi connectivity index (χ2n) is 1.46. The summed E-state index contributed by atoms with van der Waals surface area (Å²) in [6, 6.07) is 0. The smallest absolute Gasteiger partial charge is 0.270 e. The van der Waals surface area contributed by atoms with Gasteiger partial charge in [0, 0.05) is 14.1 Å². The molecule has 50 valence electrons. The van der Waals surface area contributed by atoms with E-state index in [-0.39, 0.29) is 0 Å². The van der Waals surface area contributed by atoms with E-state index in [1.54, 1.807) is 14.1 Å². The highest BCUT2D eigenvalue weighted by molar-refractivity contribution is 8.07. The van der Waals surface area contributed by atoms with Crippen molar-refractivity contribution in [2.75, 3.05) is 14.1 Å². The van der Waals surface area contributed by atoms with E-state index in [1.807, 2.05) is 0 Å². The average molecular weight is 177 g/mol. The van der Waals surface area contributed by atoms with Gasteiger partial charge in [0.25, 0.3) is 0 Å². The van der Waals surface area contributed by atoms with Gasteiger partial charge in [-0.2, -0.15) is 5.20 Å². The van der Waals surface area contributed by atoms with Crippen LogP contribution in [0.2, 0.25) is 0 Å². The van der Waals surface area contributed by atoms with Gasteiger partial charge in [0.2, 0.25) is 0 Å². The van der Waals surface area contributed by atoms with Crippen molar-refractivity contribution in [3.63, 3.8) is 0 Å². The molecule has 0 atom stereocenters. The summed E-state index contributed by atoms with van der Waals surface area (Å²) in [6.07, 6.45) is 0. The standard InChI is InChI=1S/C2H7Cl2N2OP/c1-6(2)5-8(3,4)7/h1-2H3,(H,5,7). The topological polar surface area (TPSA) is 32.3 Å². The molecule has 0 aliphatic rings. The van der Waals surface area contributed by atoms with E-state index >= 15 is 0 Å². The third kappa shape index (κ3) is 6.73. The van der Waals surface area contributed by atoms with Gasteiger partial charge in [0.05, 0.1) is 0 Å². The maximum atomic E-state index is 10.4. The lowest BCUT2D eigenvalue weighted by Crippen LogP contribution is -2.24. The van der Waals surface area contributed by atoms with Crippen LogP contribution in [0.25, 0.3) is 0 Å². The van der Waals surface area contributed by atoms with Gasteiger partial charge >= 0.3 is 6.00 Å². The lowest BCUT2D eigenvalue weighted by atomic mass is 11.2. The average Bonchev–Trinajstić information content (AvgIpc) is 1.21. The van der Waals surface area contributed by atoms with Gasteiger partial charge in [-0.25, -0.2) is 5.01 Å². The highest BCUT2D eigenvalue weighted by atomic mass is 35.9. The molecule has 0 saturated carbocycles. The molecule has 1 N–H and O–H groups in total. The van der Waals surface area contributed by atoms with Crippen LogP contribution in [0.3, 0.4) is 0 Å². The molecule has 0 aliphatic heterocycles. The van der Waals surface area contributed by atoms with E-state index in [9.17, 15) is 4.57 Å². The zero-order chi connectivity index (χ0) is 6.78. The van der Waals surface area contributed by atoms with E-state index in [0.29, 0.717) is 0 Å². The lowest BCUT2D eigenvalue weighted by molar-refractivity contribution is 0.371. The largest absolute Gasteiger partial charge is 0.332 e. The van der Waals surface area contributed by atoms with Crippen molar-refractivity contribution in [1.29, 1.82) is 0 Å². The van der Waals surface area contributed by atoms with E-state index < -0.39 is 6.00 Å². The van der Waals surface area contributed by atoms with Crippen LogP contribution in [-0.4, -0.2) is 19.1 Å². The van der Waals surface area contributed by atoms with Crippen molar-refractivity contribution in [2.45, 2.75) is 0 Å². The summed E-state index contributed by atoms with van der Waals surface area (Å²) in [5.41, 5.74) is 0. The summed E-state index contributed by atoms with van der Waals surface area (Å²) in [4.78, 5) is 0. The van der Waals surface area contributed by atoms with Gasteiger partial charge in [-0.05, 0) is 22.5 Å². The molecular weight excluding hydrogens is 170 g/mol. The molecule has 0 bridgehead atoms. The van der Waals surface area contributed by atoms with E-state index in [4.69, 9.17) is 22.5 Å². The minimum atomic E-state index is -3.10. The highest BCUT2D eigenvalue weighted by Crippen LogP contribution is 2.51. The fourth-order valence-corrected chi connectivity index (χ4v) is 1.61. The predicted molar refractivity (Wildman–Crippen MR) is 36.1 cm³/mol. The fraction of sp³-hybridized carbons (Fsp3) is 1.00. The third-order valence-corrected chi connectivity index (χ3v) is 1.40. The summed E-state index contributed by atoms with van der Waals surface area (Å²) >= 11 is 10.2. The van der Waals surface area contributed by atoms with Crippen molar-refractivity contribution >= 4 is 28.5 Å². The van der Waals surface area contributed by atoms with Gasteiger partial charge in [-0.1, -0.05) is 0 Å². The van der Waals surface area contributed by atoms with Crippen LogP contribution < -0.4 is 5.20 Å². The Morgan fingerprint density at radius 3 is 1.88 bits per heavy atom. The number of nitrogens with zero attached hydrogens (tertiary/aromatic N) is 1. The molecule has 0 heterocycles. The quantitative estimate of drug-likeness (QED) is 0.513. The summed E-state index contributed by atoms with van der Waals surface area (Å²) < 4.78 is 10.4.